The van der Waals surface area contributed by atoms with Crippen molar-refractivity contribution in [1.29, 1.82) is 0 Å². The zero-order valence-corrected chi connectivity index (χ0v) is 14.7. The maximum absolute atomic E-state index is 11.8. The summed E-state index contributed by atoms with van der Waals surface area (Å²) < 4.78 is 26.2. The second-order valence-electron chi connectivity index (χ2n) is 5.29. The van der Waals surface area contributed by atoms with Crippen molar-refractivity contribution in [3.8, 4) is 0 Å². The van der Waals surface area contributed by atoms with Crippen LogP contribution in [-0.2, 0) is 10.0 Å². The number of hydrogen-bond donors (Lipinski definition) is 2. The van der Waals surface area contributed by atoms with E-state index in [1.807, 2.05) is 32.0 Å². The summed E-state index contributed by atoms with van der Waals surface area (Å²) in [5.41, 5.74) is 2.36. The van der Waals surface area contributed by atoms with E-state index in [1.54, 1.807) is 12.1 Å². The first-order chi connectivity index (χ1) is 10.9. The molecule has 0 spiro atoms. The van der Waals surface area contributed by atoms with Gasteiger partial charge in [-0.05, 0) is 43.2 Å². The lowest BCUT2D eigenvalue weighted by molar-refractivity contribution is 0.598. The molecule has 0 aliphatic rings. The van der Waals surface area contributed by atoms with Crippen molar-refractivity contribution in [3.05, 3.63) is 47.1 Å². The van der Waals surface area contributed by atoms with Gasteiger partial charge in [0.25, 0.3) is 0 Å². The minimum atomic E-state index is -3.31. The molecule has 0 bridgehead atoms. The third kappa shape index (κ3) is 5.41. The number of aromatic nitrogens is 1. The van der Waals surface area contributed by atoms with Gasteiger partial charge in [-0.2, -0.15) is 0 Å². The number of rotatable bonds is 7. The molecule has 23 heavy (non-hydrogen) atoms. The predicted octanol–water partition coefficient (Wildman–Crippen LogP) is 4.33. The number of pyridine rings is 1. The van der Waals surface area contributed by atoms with Crippen molar-refractivity contribution in [2.45, 2.75) is 26.7 Å². The van der Waals surface area contributed by atoms with Crippen molar-refractivity contribution in [1.82, 2.24) is 4.98 Å². The monoisotopic (exact) mass is 353 g/mol. The highest BCUT2D eigenvalue weighted by Crippen LogP contribution is 2.23. The lowest BCUT2D eigenvalue weighted by Gasteiger charge is -2.11. The summed E-state index contributed by atoms with van der Waals surface area (Å²) in [5.74, 6) is 0.734. The van der Waals surface area contributed by atoms with Crippen LogP contribution in [0.3, 0.4) is 0 Å². The number of aryl methyl sites for hydroxylation is 1. The Bertz CT molecular complexity index is 761. The van der Waals surface area contributed by atoms with Crippen LogP contribution in [0.25, 0.3) is 0 Å². The van der Waals surface area contributed by atoms with Crippen molar-refractivity contribution < 1.29 is 8.42 Å². The first-order valence-corrected chi connectivity index (χ1v) is 9.42. The van der Waals surface area contributed by atoms with E-state index in [9.17, 15) is 8.42 Å². The Balaban J connectivity index is 2.06. The van der Waals surface area contributed by atoms with Gasteiger partial charge < -0.3 is 5.32 Å². The number of halogens is 1. The molecule has 0 aliphatic heterocycles. The fourth-order valence-electron chi connectivity index (χ4n) is 1.96. The van der Waals surface area contributed by atoms with Gasteiger partial charge in [0.15, 0.2) is 0 Å². The molecule has 0 amide bonds. The summed E-state index contributed by atoms with van der Waals surface area (Å²) in [6.07, 6.45) is 2.96. The summed E-state index contributed by atoms with van der Waals surface area (Å²) in [7, 11) is -3.31. The highest BCUT2D eigenvalue weighted by molar-refractivity contribution is 7.92. The maximum Gasteiger partial charge on any atom is 0.232 e. The topological polar surface area (TPSA) is 71.1 Å². The third-order valence-electron chi connectivity index (χ3n) is 3.27. The second kappa shape index (κ2) is 7.66. The molecule has 1 heterocycles. The minimum Gasteiger partial charge on any atom is -0.340 e. The number of sulfonamides is 1. The lowest BCUT2D eigenvalue weighted by atomic mass is 10.2. The molecule has 1 aromatic heterocycles. The summed E-state index contributed by atoms with van der Waals surface area (Å²) in [6.45, 7) is 3.92. The van der Waals surface area contributed by atoms with E-state index in [2.05, 4.69) is 15.0 Å². The normalized spacial score (nSPS) is 11.3. The van der Waals surface area contributed by atoms with Crippen LogP contribution in [-0.4, -0.2) is 19.2 Å². The number of hydrogen-bond acceptors (Lipinski definition) is 4. The number of nitrogens with zero attached hydrogens (tertiary/aromatic N) is 1. The van der Waals surface area contributed by atoms with E-state index >= 15 is 0 Å². The average Bonchev–Trinajstić information content (AvgIpc) is 2.51. The summed E-state index contributed by atoms with van der Waals surface area (Å²) in [6, 6.07) is 8.96. The smallest absolute Gasteiger partial charge is 0.232 e. The zero-order valence-electron chi connectivity index (χ0n) is 13.1. The highest BCUT2D eigenvalue weighted by Gasteiger charge is 2.10. The summed E-state index contributed by atoms with van der Waals surface area (Å²) in [4.78, 5) is 4.23. The van der Waals surface area contributed by atoms with Gasteiger partial charge >= 0.3 is 0 Å². The molecule has 0 atom stereocenters. The van der Waals surface area contributed by atoms with Gasteiger partial charge in [0.05, 0.1) is 17.6 Å². The fraction of sp³-hybridized carbons (Fsp3) is 0.312. The van der Waals surface area contributed by atoms with E-state index in [1.165, 1.54) is 6.20 Å². The molecule has 0 aliphatic carbocycles. The second-order valence-corrected chi connectivity index (χ2v) is 7.57. The van der Waals surface area contributed by atoms with Crippen LogP contribution < -0.4 is 10.0 Å². The average molecular weight is 354 g/mol. The van der Waals surface area contributed by atoms with Gasteiger partial charge in [-0.3, -0.25) is 4.72 Å². The Morgan fingerprint density at radius 1 is 1.22 bits per heavy atom. The highest BCUT2D eigenvalue weighted by atomic mass is 35.5. The molecule has 2 aromatic rings. The van der Waals surface area contributed by atoms with Gasteiger partial charge in [-0.1, -0.05) is 31.0 Å². The van der Waals surface area contributed by atoms with Crippen molar-refractivity contribution in [3.63, 3.8) is 0 Å². The molecule has 0 saturated heterocycles. The summed E-state index contributed by atoms with van der Waals surface area (Å²) in [5, 5.41) is 3.80. The number of unbranched alkanes of at least 4 members (excludes halogenated alkanes) is 1. The molecular weight excluding hydrogens is 334 g/mol. The van der Waals surface area contributed by atoms with Crippen LogP contribution in [0.5, 0.6) is 0 Å². The van der Waals surface area contributed by atoms with Crippen LogP contribution in [0, 0.1) is 6.92 Å². The maximum atomic E-state index is 11.8. The SMILES string of the molecule is CCCCS(=O)(=O)Nc1ccc(Nc2cc(Cl)ccc2C)nc1. The van der Waals surface area contributed by atoms with Crippen LogP contribution in [0.1, 0.15) is 25.3 Å². The third-order valence-corrected chi connectivity index (χ3v) is 4.87. The Labute approximate surface area is 142 Å². The molecule has 0 radical (unpaired) electrons. The van der Waals surface area contributed by atoms with E-state index in [4.69, 9.17) is 11.6 Å². The van der Waals surface area contributed by atoms with Gasteiger partial charge in [0, 0.05) is 10.7 Å². The van der Waals surface area contributed by atoms with Crippen molar-refractivity contribution in [2.24, 2.45) is 0 Å². The van der Waals surface area contributed by atoms with Gasteiger partial charge in [0.2, 0.25) is 10.0 Å². The lowest BCUT2D eigenvalue weighted by Crippen LogP contribution is -2.16. The molecule has 0 unspecified atom stereocenters. The molecule has 1 aromatic carbocycles. The number of benzene rings is 1. The Kier molecular flexibility index (Phi) is 5.85. The Hall–Kier alpha value is -1.79. The van der Waals surface area contributed by atoms with E-state index < -0.39 is 10.0 Å². The fourth-order valence-corrected chi connectivity index (χ4v) is 3.38. The first kappa shape index (κ1) is 17.6. The molecule has 2 N–H and O–H groups in total. The van der Waals surface area contributed by atoms with Crippen LogP contribution in [0.15, 0.2) is 36.5 Å². The molecule has 7 heteroatoms. The largest absolute Gasteiger partial charge is 0.340 e. The van der Waals surface area contributed by atoms with Crippen LogP contribution in [0.2, 0.25) is 5.02 Å². The van der Waals surface area contributed by atoms with Crippen LogP contribution >= 0.6 is 11.6 Å². The molecule has 5 nitrogen and oxygen atoms in total. The van der Waals surface area contributed by atoms with E-state index in [0.717, 1.165) is 17.7 Å². The predicted molar refractivity (Wildman–Crippen MR) is 96.0 cm³/mol. The number of anilines is 3. The van der Waals surface area contributed by atoms with Gasteiger partial charge in [-0.15, -0.1) is 0 Å². The molecule has 2 rings (SSSR count). The van der Waals surface area contributed by atoms with Crippen LogP contribution in [0.4, 0.5) is 17.2 Å². The Morgan fingerprint density at radius 3 is 2.65 bits per heavy atom. The van der Waals surface area contributed by atoms with Crippen molar-refractivity contribution >= 4 is 38.8 Å². The first-order valence-electron chi connectivity index (χ1n) is 7.39. The number of nitrogens with one attached hydrogen (secondary N) is 2. The van der Waals surface area contributed by atoms with Gasteiger partial charge in [-0.25, -0.2) is 13.4 Å². The Morgan fingerprint density at radius 2 is 2.00 bits per heavy atom. The standard InChI is InChI=1S/C16H20ClN3O2S/c1-3-4-9-23(21,22)20-14-7-8-16(18-11-14)19-15-10-13(17)6-5-12(15)2/h5-8,10-11,20H,3-4,9H2,1-2H3,(H,18,19). The van der Waals surface area contributed by atoms with Crippen molar-refractivity contribution in [2.75, 3.05) is 15.8 Å². The molecule has 0 fully saturated rings. The molecule has 124 valence electrons. The quantitative estimate of drug-likeness (QED) is 0.777. The minimum absolute atomic E-state index is 0.116. The van der Waals surface area contributed by atoms with E-state index in [0.29, 0.717) is 22.9 Å². The summed E-state index contributed by atoms with van der Waals surface area (Å²) >= 11 is 5.99. The molecular formula is C16H20ClN3O2S. The van der Waals surface area contributed by atoms with E-state index in [-0.39, 0.29) is 5.75 Å². The van der Waals surface area contributed by atoms with Gasteiger partial charge in [0.1, 0.15) is 5.82 Å². The zero-order chi connectivity index (χ0) is 16.9. The molecule has 0 saturated carbocycles.